The van der Waals surface area contributed by atoms with Gasteiger partial charge in [-0.15, -0.1) is 0 Å². The van der Waals surface area contributed by atoms with Gasteiger partial charge in [0.2, 0.25) is 0 Å². The molecule has 28 heavy (non-hydrogen) atoms. The molecule has 0 radical (unpaired) electrons. The molecule has 0 bridgehead atoms. The molecule has 12 N–H and O–H groups in total. The third-order valence-corrected chi connectivity index (χ3v) is 3.02. The van der Waals surface area contributed by atoms with Gasteiger partial charge in [-0.3, -0.25) is 18.1 Å². The molecule has 22 heteroatoms. The third-order valence-electron chi connectivity index (χ3n) is 1.12. The van der Waals surface area contributed by atoms with Crippen LogP contribution in [0.15, 0.2) is 0 Å². The molecule has 0 atom stereocenters. The summed E-state index contributed by atoms with van der Waals surface area (Å²) in [5.74, 6) is 0. The summed E-state index contributed by atoms with van der Waals surface area (Å²) in [6, 6.07) is 0. The first-order chi connectivity index (χ1) is 12.2. The summed E-state index contributed by atoms with van der Waals surface area (Å²) in [6.45, 7) is 1.19. The highest BCUT2D eigenvalue weighted by atomic mass is 31.2. The predicted molar refractivity (Wildman–Crippen MR) is 94.3 cm³/mol. The normalized spacial score (nSPS) is 11.2. The quantitative estimate of drug-likeness (QED) is 0.176. The standard InChI is InChI=1S/C2H8N2.4CH5O4P/c3-1-2-4;4*1-5-6(2,3)4/h1-4H2;4*1H3,(H2,2,3,4). The van der Waals surface area contributed by atoms with Crippen molar-refractivity contribution in [3.63, 3.8) is 0 Å². The number of rotatable bonds is 5. The van der Waals surface area contributed by atoms with E-state index in [1.165, 1.54) is 0 Å². The maximum absolute atomic E-state index is 9.47. The second kappa shape index (κ2) is 20.6. The van der Waals surface area contributed by atoms with Crippen LogP contribution >= 0.6 is 31.3 Å². The first-order valence-electron chi connectivity index (χ1n) is 6.01. The van der Waals surface area contributed by atoms with Crippen LogP contribution in [0.2, 0.25) is 0 Å². The average molecular weight is 508 g/mol. The largest absolute Gasteiger partial charge is 0.469 e. The summed E-state index contributed by atoms with van der Waals surface area (Å²) >= 11 is 0. The van der Waals surface area contributed by atoms with Gasteiger partial charge in [0, 0.05) is 41.5 Å². The van der Waals surface area contributed by atoms with Crippen LogP contribution in [0.3, 0.4) is 0 Å². The summed E-state index contributed by atoms with van der Waals surface area (Å²) in [5.41, 5.74) is 9.81. The maximum atomic E-state index is 9.47. The van der Waals surface area contributed by atoms with Crippen LogP contribution in [0, 0.1) is 0 Å². The first-order valence-corrected chi connectivity index (χ1v) is 12.1. The van der Waals surface area contributed by atoms with Gasteiger partial charge < -0.3 is 50.6 Å². The second-order valence-electron chi connectivity index (χ2n) is 3.27. The lowest BCUT2D eigenvalue weighted by Gasteiger charge is -1.93. The molecule has 0 saturated heterocycles. The Morgan fingerprint density at radius 2 is 0.571 bits per heavy atom. The average Bonchev–Trinajstić information content (AvgIpc) is 2.54. The summed E-state index contributed by atoms with van der Waals surface area (Å²) in [7, 11) is -12.8. The number of phosphoric ester groups is 4. The maximum Gasteiger partial charge on any atom is 0.469 e. The van der Waals surface area contributed by atoms with Crippen molar-refractivity contribution < 1.29 is 75.5 Å². The number of nitrogens with two attached hydrogens (primary N) is 2. The lowest BCUT2D eigenvalue weighted by atomic mass is 10.7. The SMILES string of the molecule is COP(=O)(O)O.COP(=O)(O)O.COP(=O)(O)O.COP(=O)(O)O.NCCN. The molecule has 0 heterocycles. The minimum absolute atomic E-state index is 0.597. The van der Waals surface area contributed by atoms with Crippen LogP contribution in [-0.4, -0.2) is 80.7 Å². The van der Waals surface area contributed by atoms with Crippen LogP contribution in [0.25, 0.3) is 0 Å². The molecule has 0 amide bonds. The molecule has 0 aliphatic carbocycles. The minimum Gasteiger partial charge on any atom is -0.329 e. The van der Waals surface area contributed by atoms with Gasteiger partial charge >= 0.3 is 31.3 Å². The molecule has 0 aliphatic heterocycles. The Morgan fingerprint density at radius 3 is 0.571 bits per heavy atom. The van der Waals surface area contributed by atoms with Crippen molar-refractivity contribution in [2.45, 2.75) is 0 Å². The zero-order valence-electron chi connectivity index (χ0n) is 15.2. The molecule has 0 aromatic heterocycles. The van der Waals surface area contributed by atoms with E-state index in [0.717, 1.165) is 28.4 Å². The lowest BCUT2D eigenvalue weighted by molar-refractivity contribution is 0.233. The number of hydrogen-bond donors (Lipinski definition) is 10. The summed E-state index contributed by atoms with van der Waals surface area (Å²) in [5, 5.41) is 0. The molecule has 178 valence electrons. The van der Waals surface area contributed by atoms with Crippen LogP contribution in [0.5, 0.6) is 0 Å². The van der Waals surface area contributed by atoms with E-state index in [2.05, 4.69) is 18.1 Å². The second-order valence-corrected chi connectivity index (χ2v) is 8.66. The Bertz CT molecular complexity index is 415. The Kier molecular flexibility index (Phi) is 28.7. The van der Waals surface area contributed by atoms with E-state index in [9.17, 15) is 18.3 Å². The third kappa shape index (κ3) is 95.0. The van der Waals surface area contributed by atoms with Gasteiger partial charge in [-0.25, -0.2) is 18.3 Å². The van der Waals surface area contributed by atoms with Crippen molar-refractivity contribution in [1.82, 2.24) is 0 Å². The van der Waals surface area contributed by atoms with E-state index in [1.54, 1.807) is 0 Å². The van der Waals surface area contributed by atoms with Gasteiger partial charge in [0.1, 0.15) is 0 Å². The highest BCUT2D eigenvalue weighted by molar-refractivity contribution is 7.47. The fourth-order valence-electron chi connectivity index (χ4n) is 0. The molecule has 0 unspecified atom stereocenters. The molecule has 0 aromatic carbocycles. The predicted octanol–water partition coefficient (Wildman–Crippen LogP) is -2.19. The van der Waals surface area contributed by atoms with Crippen LogP contribution < -0.4 is 11.5 Å². The van der Waals surface area contributed by atoms with E-state index >= 15 is 0 Å². The van der Waals surface area contributed by atoms with E-state index in [4.69, 9.17) is 50.6 Å². The Morgan fingerprint density at radius 1 is 0.500 bits per heavy atom. The number of hydrogen-bond acceptors (Lipinski definition) is 10. The molecule has 0 aliphatic rings. The summed E-state index contributed by atoms with van der Waals surface area (Å²) in [4.78, 5) is 61.7. The van der Waals surface area contributed by atoms with Gasteiger partial charge in [-0.05, 0) is 0 Å². The minimum atomic E-state index is -4.15. The highest BCUT2D eigenvalue weighted by Gasteiger charge is 2.08. The molecule has 0 aromatic rings. The Balaban J connectivity index is -0.0000000793. The van der Waals surface area contributed by atoms with Crippen molar-refractivity contribution in [1.29, 1.82) is 0 Å². The van der Waals surface area contributed by atoms with E-state index in [0.29, 0.717) is 13.1 Å². The summed E-state index contributed by atoms with van der Waals surface area (Å²) in [6.07, 6.45) is 0. The highest BCUT2D eigenvalue weighted by Crippen LogP contribution is 2.34. The van der Waals surface area contributed by atoms with Crippen molar-refractivity contribution in [3.8, 4) is 0 Å². The Hall–Kier alpha value is 0.360. The molecular formula is C6H28N2O16P4. The molecule has 0 rings (SSSR count). The Labute approximate surface area is 160 Å². The zero-order valence-corrected chi connectivity index (χ0v) is 18.8. The van der Waals surface area contributed by atoms with E-state index in [1.807, 2.05) is 0 Å². The van der Waals surface area contributed by atoms with Gasteiger partial charge in [0.05, 0.1) is 0 Å². The van der Waals surface area contributed by atoms with Crippen LogP contribution in [0.4, 0.5) is 0 Å². The van der Waals surface area contributed by atoms with Gasteiger partial charge in [-0.1, -0.05) is 0 Å². The molecule has 0 fully saturated rings. The zero-order chi connectivity index (χ0) is 24.2. The van der Waals surface area contributed by atoms with Crippen LogP contribution in [-0.2, 0) is 36.4 Å². The monoisotopic (exact) mass is 508 g/mol. The number of phosphoric acid groups is 4. The molecule has 18 nitrogen and oxygen atoms in total. The van der Waals surface area contributed by atoms with E-state index in [-0.39, 0.29) is 0 Å². The van der Waals surface area contributed by atoms with E-state index < -0.39 is 31.3 Å². The smallest absolute Gasteiger partial charge is 0.329 e. The lowest BCUT2D eigenvalue weighted by Crippen LogP contribution is -2.11. The fourth-order valence-corrected chi connectivity index (χ4v) is 0. The van der Waals surface area contributed by atoms with Crippen molar-refractivity contribution in [2.75, 3.05) is 41.5 Å². The fraction of sp³-hybridized carbons (Fsp3) is 1.00. The van der Waals surface area contributed by atoms with Gasteiger partial charge in [0.15, 0.2) is 0 Å². The van der Waals surface area contributed by atoms with Gasteiger partial charge in [0.25, 0.3) is 0 Å². The van der Waals surface area contributed by atoms with Crippen LogP contribution in [0.1, 0.15) is 0 Å². The molecular weight excluding hydrogens is 480 g/mol. The van der Waals surface area contributed by atoms with Crippen molar-refractivity contribution in [3.05, 3.63) is 0 Å². The van der Waals surface area contributed by atoms with Crippen molar-refractivity contribution >= 4 is 31.3 Å². The summed E-state index contributed by atoms with van der Waals surface area (Å²) < 4.78 is 52.3. The van der Waals surface area contributed by atoms with Crippen molar-refractivity contribution in [2.24, 2.45) is 11.5 Å². The van der Waals surface area contributed by atoms with Gasteiger partial charge in [-0.2, -0.15) is 0 Å². The first kappa shape index (κ1) is 38.9. The molecule has 0 saturated carbocycles. The molecule has 0 spiro atoms. The topological polar surface area (TPSA) is 319 Å².